The van der Waals surface area contributed by atoms with Crippen molar-refractivity contribution in [1.82, 2.24) is 5.32 Å². The summed E-state index contributed by atoms with van der Waals surface area (Å²) in [6, 6.07) is 0. The van der Waals surface area contributed by atoms with Crippen LogP contribution in [0.4, 0.5) is 4.79 Å². The number of carbonyl (C=O) groups is 2. The van der Waals surface area contributed by atoms with Crippen molar-refractivity contribution in [2.45, 2.75) is 31.3 Å². The molecule has 2 heterocycles. The molecule has 1 N–H and O–H groups in total. The Balaban J connectivity index is 1.80. The summed E-state index contributed by atoms with van der Waals surface area (Å²) in [5, 5.41) is 2.39. The van der Waals surface area contributed by atoms with Crippen LogP contribution in [0.15, 0.2) is 24.5 Å². The van der Waals surface area contributed by atoms with Gasteiger partial charge >= 0.3 is 12.1 Å². The number of ether oxygens (including phenoxy) is 4. The lowest BCUT2D eigenvalue weighted by Crippen LogP contribution is -2.44. The molecule has 1 aliphatic carbocycles. The molecule has 120 valence electrons. The minimum atomic E-state index is -0.779. The topological polar surface area (TPSA) is 86.4 Å². The number of rotatable bonds is 4. The van der Waals surface area contributed by atoms with Gasteiger partial charge in [0.25, 0.3) is 6.29 Å². The summed E-state index contributed by atoms with van der Waals surface area (Å²) in [7, 11) is 1.48. The molecule has 0 bridgehead atoms. The monoisotopic (exact) mass is 309 g/mol. The third-order valence-corrected chi connectivity index (χ3v) is 4.56. The first-order valence-electron chi connectivity index (χ1n) is 7.21. The third kappa shape index (κ3) is 2.25. The number of esters is 1. The fraction of sp³-hybridized carbons (Fsp3) is 0.600. The van der Waals surface area contributed by atoms with Crippen molar-refractivity contribution in [2.75, 3.05) is 13.7 Å². The van der Waals surface area contributed by atoms with E-state index in [9.17, 15) is 9.59 Å². The van der Waals surface area contributed by atoms with E-state index >= 15 is 0 Å². The molecule has 0 radical (unpaired) electrons. The molecule has 1 saturated heterocycles. The first-order chi connectivity index (χ1) is 10.5. The Labute approximate surface area is 128 Å². The normalized spacial score (nSPS) is 37.8. The molecule has 2 aliphatic heterocycles. The zero-order valence-corrected chi connectivity index (χ0v) is 12.5. The quantitative estimate of drug-likeness (QED) is 0.475. The van der Waals surface area contributed by atoms with E-state index in [0.29, 0.717) is 12.0 Å². The van der Waals surface area contributed by atoms with Gasteiger partial charge in [-0.2, -0.15) is 0 Å². The summed E-state index contributed by atoms with van der Waals surface area (Å²) < 4.78 is 21.5. The van der Waals surface area contributed by atoms with E-state index in [2.05, 4.69) is 11.9 Å². The highest BCUT2D eigenvalue weighted by molar-refractivity contribution is 5.89. The van der Waals surface area contributed by atoms with Crippen molar-refractivity contribution >= 4 is 12.1 Å². The summed E-state index contributed by atoms with van der Waals surface area (Å²) in [5.74, 6) is -0.770. The van der Waals surface area contributed by atoms with Gasteiger partial charge in [-0.15, -0.1) is 0 Å². The lowest BCUT2D eigenvalue weighted by molar-refractivity contribution is -0.151. The summed E-state index contributed by atoms with van der Waals surface area (Å²) in [6.07, 6.45) is 2.23. The van der Waals surface area contributed by atoms with Crippen LogP contribution in [0.5, 0.6) is 0 Å². The Bertz CT molecular complexity index is 544. The average molecular weight is 309 g/mol. The predicted molar refractivity (Wildman–Crippen MR) is 74.5 cm³/mol. The average Bonchev–Trinajstić information content (AvgIpc) is 3.06. The molecule has 2 fully saturated rings. The van der Waals surface area contributed by atoms with Gasteiger partial charge in [0.2, 0.25) is 0 Å². The molecule has 0 unspecified atom stereocenters. The van der Waals surface area contributed by atoms with E-state index < -0.39 is 24.0 Å². The van der Waals surface area contributed by atoms with E-state index in [4.69, 9.17) is 18.9 Å². The van der Waals surface area contributed by atoms with Gasteiger partial charge in [-0.3, -0.25) is 0 Å². The molecule has 5 atom stereocenters. The van der Waals surface area contributed by atoms with Crippen molar-refractivity contribution in [3.05, 3.63) is 24.5 Å². The minimum Gasteiger partial charge on any atom is -0.461 e. The number of hydrogen-bond donors (Lipinski definition) is 1. The Hall–Kier alpha value is -2.02. The van der Waals surface area contributed by atoms with Gasteiger partial charge in [-0.25, -0.2) is 9.59 Å². The summed E-state index contributed by atoms with van der Waals surface area (Å²) in [5.41, 5.74) is 0.0299. The molecule has 0 aromatic rings. The van der Waals surface area contributed by atoms with E-state index in [1.807, 2.05) is 6.92 Å². The van der Waals surface area contributed by atoms with Crippen LogP contribution in [0.3, 0.4) is 0 Å². The fourth-order valence-corrected chi connectivity index (χ4v) is 3.40. The summed E-state index contributed by atoms with van der Waals surface area (Å²) >= 11 is 0. The number of nitrogens with one attached hydrogen (secondary N) is 1. The lowest BCUT2D eigenvalue weighted by atomic mass is 9.82. The van der Waals surface area contributed by atoms with Crippen molar-refractivity contribution in [1.29, 1.82) is 0 Å². The third-order valence-electron chi connectivity index (χ3n) is 4.56. The lowest BCUT2D eigenvalue weighted by Gasteiger charge is -2.35. The number of fused-ring (bicyclic) bond motifs is 3. The SMILES string of the molecule is C=CCOC(=O)C1=CO[C@@H](OC(=O)NC)[C@H]2[C@@H]1C[C@@H]1O[C@]21C. The van der Waals surface area contributed by atoms with Crippen LogP contribution in [-0.4, -0.2) is 43.7 Å². The zero-order chi connectivity index (χ0) is 15.9. The maximum absolute atomic E-state index is 12.1. The van der Waals surface area contributed by atoms with Crippen molar-refractivity contribution in [2.24, 2.45) is 11.8 Å². The smallest absolute Gasteiger partial charge is 0.409 e. The Morgan fingerprint density at radius 1 is 1.59 bits per heavy atom. The molecule has 3 rings (SSSR count). The van der Waals surface area contributed by atoms with Gasteiger partial charge in [0.15, 0.2) is 0 Å². The molecule has 22 heavy (non-hydrogen) atoms. The highest BCUT2D eigenvalue weighted by Crippen LogP contribution is 2.60. The van der Waals surface area contributed by atoms with Crippen LogP contribution in [0, 0.1) is 11.8 Å². The van der Waals surface area contributed by atoms with Crippen LogP contribution < -0.4 is 5.32 Å². The highest BCUT2D eigenvalue weighted by atomic mass is 16.7. The maximum atomic E-state index is 12.1. The Morgan fingerprint density at radius 2 is 2.36 bits per heavy atom. The number of epoxide rings is 1. The van der Waals surface area contributed by atoms with Gasteiger partial charge in [0, 0.05) is 13.0 Å². The van der Waals surface area contributed by atoms with Crippen LogP contribution in [0.25, 0.3) is 0 Å². The molecular weight excluding hydrogens is 290 g/mol. The standard InChI is InChI=1S/C15H19NO6/c1-4-5-19-12(17)9-7-20-13(21-14(18)16-3)11-8(9)6-10-15(11,2)22-10/h4,7-8,10-11,13H,1,5-6H2,2-3H3,(H,16,18)/t8-,10+,11-,13+,15+/m1/s1. The second-order valence-corrected chi connectivity index (χ2v) is 5.78. The number of carbonyl (C=O) groups excluding carboxylic acids is 2. The molecule has 7 heteroatoms. The Kier molecular flexibility index (Phi) is 3.60. The molecule has 3 aliphatic rings. The molecule has 0 spiro atoms. The predicted octanol–water partition coefficient (Wildman–Crippen LogP) is 1.11. The van der Waals surface area contributed by atoms with E-state index in [1.165, 1.54) is 19.4 Å². The van der Waals surface area contributed by atoms with Crippen LogP contribution in [0.2, 0.25) is 0 Å². The molecule has 7 nitrogen and oxygen atoms in total. The van der Waals surface area contributed by atoms with E-state index in [-0.39, 0.29) is 24.5 Å². The summed E-state index contributed by atoms with van der Waals surface area (Å²) in [6.45, 7) is 5.61. The van der Waals surface area contributed by atoms with Gasteiger partial charge in [-0.1, -0.05) is 12.7 Å². The van der Waals surface area contributed by atoms with Gasteiger partial charge in [0.05, 0.1) is 23.9 Å². The Morgan fingerprint density at radius 3 is 3.05 bits per heavy atom. The molecule has 1 amide bonds. The zero-order valence-electron chi connectivity index (χ0n) is 12.5. The second-order valence-electron chi connectivity index (χ2n) is 5.78. The summed E-state index contributed by atoms with van der Waals surface area (Å²) in [4.78, 5) is 23.6. The van der Waals surface area contributed by atoms with Gasteiger partial charge < -0.3 is 24.3 Å². The maximum Gasteiger partial charge on any atom is 0.409 e. The van der Waals surface area contributed by atoms with Crippen molar-refractivity contribution < 1.29 is 28.5 Å². The van der Waals surface area contributed by atoms with Gasteiger partial charge in [0.1, 0.15) is 12.2 Å². The highest BCUT2D eigenvalue weighted by Gasteiger charge is 2.71. The van der Waals surface area contributed by atoms with E-state index in [0.717, 1.165) is 0 Å². The first-order valence-corrected chi connectivity index (χ1v) is 7.21. The number of amides is 1. The van der Waals surface area contributed by atoms with Crippen LogP contribution in [-0.2, 0) is 23.7 Å². The fourth-order valence-electron chi connectivity index (χ4n) is 3.40. The largest absolute Gasteiger partial charge is 0.461 e. The van der Waals surface area contributed by atoms with E-state index in [1.54, 1.807) is 0 Å². The van der Waals surface area contributed by atoms with Crippen molar-refractivity contribution in [3.8, 4) is 0 Å². The van der Waals surface area contributed by atoms with Gasteiger partial charge in [-0.05, 0) is 13.3 Å². The first kappa shape index (κ1) is 14.9. The van der Waals surface area contributed by atoms with Crippen molar-refractivity contribution in [3.63, 3.8) is 0 Å². The molecular formula is C15H19NO6. The number of hydrogen-bond acceptors (Lipinski definition) is 6. The second kappa shape index (κ2) is 5.31. The van der Waals surface area contributed by atoms with Crippen LogP contribution >= 0.6 is 0 Å². The molecule has 1 saturated carbocycles. The van der Waals surface area contributed by atoms with Crippen LogP contribution in [0.1, 0.15) is 13.3 Å². The molecule has 0 aromatic heterocycles. The number of alkyl carbamates (subject to hydrolysis) is 1. The minimum absolute atomic E-state index is 0.0515. The molecule has 0 aromatic carbocycles.